The standard InChI is InChI=1S/C13H20N2O3/c1-4-18-13-10(6-5-7-14-13)12(17)15-8-11(16)9(2)3/h5-7,9,11,16H,4,8H2,1-3H3,(H,15,17). The minimum absolute atomic E-state index is 0.102. The molecule has 0 aliphatic rings. The first-order chi connectivity index (χ1) is 8.56. The van der Waals surface area contributed by atoms with Crippen molar-refractivity contribution in [2.45, 2.75) is 26.9 Å². The first-order valence-electron chi connectivity index (χ1n) is 6.10. The number of carbonyl (C=O) groups is 1. The van der Waals surface area contributed by atoms with Crippen LogP contribution in [0.4, 0.5) is 0 Å². The lowest BCUT2D eigenvalue weighted by Gasteiger charge is -2.15. The second-order valence-corrected chi connectivity index (χ2v) is 4.31. The van der Waals surface area contributed by atoms with Gasteiger partial charge >= 0.3 is 0 Å². The van der Waals surface area contributed by atoms with Crippen LogP contribution < -0.4 is 10.1 Å². The van der Waals surface area contributed by atoms with E-state index in [-0.39, 0.29) is 18.4 Å². The van der Waals surface area contributed by atoms with E-state index in [2.05, 4.69) is 10.3 Å². The number of aliphatic hydroxyl groups is 1. The zero-order valence-electron chi connectivity index (χ0n) is 11.0. The Bertz CT molecular complexity index is 394. The number of amides is 1. The highest BCUT2D eigenvalue weighted by Crippen LogP contribution is 2.14. The summed E-state index contributed by atoms with van der Waals surface area (Å²) in [6.07, 6.45) is 1.02. The molecule has 1 unspecified atom stereocenters. The van der Waals surface area contributed by atoms with Crippen LogP contribution in [0.3, 0.4) is 0 Å². The molecule has 100 valence electrons. The molecule has 1 atom stereocenters. The van der Waals surface area contributed by atoms with Gasteiger partial charge < -0.3 is 15.2 Å². The molecule has 18 heavy (non-hydrogen) atoms. The second kappa shape index (κ2) is 6.96. The summed E-state index contributed by atoms with van der Waals surface area (Å²) in [5, 5.41) is 12.3. The van der Waals surface area contributed by atoms with Crippen LogP contribution in [-0.2, 0) is 0 Å². The molecule has 2 N–H and O–H groups in total. The SMILES string of the molecule is CCOc1ncccc1C(=O)NCC(O)C(C)C. The Morgan fingerprint density at radius 2 is 2.28 bits per heavy atom. The van der Waals surface area contributed by atoms with Crippen molar-refractivity contribution in [1.29, 1.82) is 0 Å². The molecule has 1 rings (SSSR count). The molecule has 0 fully saturated rings. The maximum absolute atomic E-state index is 11.9. The lowest BCUT2D eigenvalue weighted by Crippen LogP contribution is -2.35. The normalized spacial score (nSPS) is 12.3. The number of nitrogens with one attached hydrogen (secondary N) is 1. The molecule has 1 aromatic rings. The van der Waals surface area contributed by atoms with Crippen LogP contribution in [-0.4, -0.2) is 35.3 Å². The number of pyridine rings is 1. The molecule has 0 radical (unpaired) electrons. The third kappa shape index (κ3) is 4.00. The van der Waals surface area contributed by atoms with Crippen LogP contribution in [0, 0.1) is 5.92 Å². The maximum Gasteiger partial charge on any atom is 0.256 e. The molecule has 0 saturated carbocycles. The van der Waals surface area contributed by atoms with Gasteiger partial charge in [-0.1, -0.05) is 13.8 Å². The molecule has 5 heteroatoms. The topological polar surface area (TPSA) is 71.5 Å². The minimum Gasteiger partial charge on any atom is -0.477 e. The van der Waals surface area contributed by atoms with E-state index in [9.17, 15) is 9.90 Å². The van der Waals surface area contributed by atoms with Gasteiger partial charge in [0.15, 0.2) is 0 Å². The highest BCUT2D eigenvalue weighted by Gasteiger charge is 2.15. The van der Waals surface area contributed by atoms with Crippen molar-refractivity contribution in [1.82, 2.24) is 10.3 Å². The molecule has 0 aromatic carbocycles. The summed E-state index contributed by atoms with van der Waals surface area (Å²) in [4.78, 5) is 15.9. The van der Waals surface area contributed by atoms with Gasteiger partial charge in [0, 0.05) is 12.7 Å². The fourth-order valence-electron chi connectivity index (χ4n) is 1.34. The largest absolute Gasteiger partial charge is 0.477 e. The summed E-state index contributed by atoms with van der Waals surface area (Å²) in [5.74, 6) is 0.133. The third-order valence-electron chi connectivity index (χ3n) is 2.54. The number of rotatable bonds is 6. The fraction of sp³-hybridized carbons (Fsp3) is 0.538. The van der Waals surface area contributed by atoms with Gasteiger partial charge in [-0.15, -0.1) is 0 Å². The zero-order chi connectivity index (χ0) is 13.5. The highest BCUT2D eigenvalue weighted by atomic mass is 16.5. The smallest absolute Gasteiger partial charge is 0.256 e. The molecule has 0 saturated heterocycles. The van der Waals surface area contributed by atoms with Crippen LogP contribution in [0.5, 0.6) is 5.88 Å². The van der Waals surface area contributed by atoms with E-state index in [1.807, 2.05) is 20.8 Å². The third-order valence-corrected chi connectivity index (χ3v) is 2.54. The molecule has 0 aliphatic heterocycles. The van der Waals surface area contributed by atoms with Crippen molar-refractivity contribution in [2.24, 2.45) is 5.92 Å². The van der Waals surface area contributed by atoms with Gasteiger partial charge in [0.05, 0.1) is 12.7 Å². The van der Waals surface area contributed by atoms with Crippen molar-refractivity contribution < 1.29 is 14.6 Å². The van der Waals surface area contributed by atoms with Gasteiger partial charge in [0.2, 0.25) is 5.88 Å². The predicted molar refractivity (Wildman–Crippen MR) is 68.6 cm³/mol. The monoisotopic (exact) mass is 252 g/mol. The highest BCUT2D eigenvalue weighted by molar-refractivity contribution is 5.96. The first kappa shape index (κ1) is 14.4. The molecular weight excluding hydrogens is 232 g/mol. The van der Waals surface area contributed by atoms with Crippen LogP contribution in [0.15, 0.2) is 18.3 Å². The number of carbonyl (C=O) groups excluding carboxylic acids is 1. The van der Waals surface area contributed by atoms with Crippen LogP contribution in [0.25, 0.3) is 0 Å². The molecular formula is C13H20N2O3. The van der Waals surface area contributed by atoms with Gasteiger partial charge in [-0.3, -0.25) is 4.79 Å². The van der Waals surface area contributed by atoms with E-state index in [1.54, 1.807) is 18.3 Å². The Balaban J connectivity index is 2.66. The number of aromatic nitrogens is 1. The maximum atomic E-state index is 11.9. The Hall–Kier alpha value is -1.62. The molecule has 0 aliphatic carbocycles. The molecule has 1 aromatic heterocycles. The lowest BCUT2D eigenvalue weighted by molar-refractivity contribution is 0.0867. The van der Waals surface area contributed by atoms with E-state index >= 15 is 0 Å². The van der Waals surface area contributed by atoms with Crippen molar-refractivity contribution >= 4 is 5.91 Å². The van der Waals surface area contributed by atoms with Crippen LogP contribution >= 0.6 is 0 Å². The van der Waals surface area contributed by atoms with E-state index < -0.39 is 6.10 Å². The van der Waals surface area contributed by atoms with Crippen LogP contribution in [0.1, 0.15) is 31.1 Å². The Morgan fingerprint density at radius 1 is 1.56 bits per heavy atom. The van der Waals surface area contributed by atoms with Gasteiger partial charge in [-0.25, -0.2) is 4.98 Å². The van der Waals surface area contributed by atoms with Gasteiger partial charge in [0.1, 0.15) is 5.56 Å². The lowest BCUT2D eigenvalue weighted by atomic mass is 10.1. The molecule has 5 nitrogen and oxygen atoms in total. The first-order valence-corrected chi connectivity index (χ1v) is 6.10. The van der Waals surface area contributed by atoms with E-state index in [0.29, 0.717) is 18.1 Å². The number of ether oxygens (including phenoxy) is 1. The summed E-state index contributed by atoms with van der Waals surface area (Å²) in [5.41, 5.74) is 0.385. The number of hydrogen-bond acceptors (Lipinski definition) is 4. The van der Waals surface area contributed by atoms with Gasteiger partial charge in [-0.2, -0.15) is 0 Å². The zero-order valence-corrected chi connectivity index (χ0v) is 11.0. The summed E-state index contributed by atoms with van der Waals surface area (Å²) >= 11 is 0. The second-order valence-electron chi connectivity index (χ2n) is 4.31. The average molecular weight is 252 g/mol. The van der Waals surface area contributed by atoms with Crippen LogP contribution in [0.2, 0.25) is 0 Å². The predicted octanol–water partition coefficient (Wildman–Crippen LogP) is 1.23. The van der Waals surface area contributed by atoms with Crippen molar-refractivity contribution in [3.63, 3.8) is 0 Å². The summed E-state index contributed by atoms with van der Waals surface area (Å²) < 4.78 is 5.28. The van der Waals surface area contributed by atoms with E-state index in [4.69, 9.17) is 4.74 Å². The number of aliphatic hydroxyl groups excluding tert-OH is 1. The van der Waals surface area contributed by atoms with Crippen molar-refractivity contribution in [2.75, 3.05) is 13.2 Å². The van der Waals surface area contributed by atoms with Crippen molar-refractivity contribution in [3.05, 3.63) is 23.9 Å². The quantitative estimate of drug-likeness (QED) is 0.798. The average Bonchev–Trinajstić information content (AvgIpc) is 2.36. The fourth-order valence-corrected chi connectivity index (χ4v) is 1.34. The van der Waals surface area contributed by atoms with Gasteiger partial charge in [-0.05, 0) is 25.0 Å². The number of hydrogen-bond donors (Lipinski definition) is 2. The van der Waals surface area contributed by atoms with Crippen molar-refractivity contribution in [3.8, 4) is 5.88 Å². The summed E-state index contributed by atoms with van der Waals surface area (Å²) in [7, 11) is 0. The Kier molecular flexibility index (Phi) is 5.58. The Labute approximate surface area is 107 Å². The molecule has 0 spiro atoms. The Morgan fingerprint density at radius 3 is 2.89 bits per heavy atom. The van der Waals surface area contributed by atoms with E-state index in [1.165, 1.54) is 0 Å². The molecule has 1 amide bonds. The summed E-state index contributed by atoms with van der Waals surface area (Å²) in [6, 6.07) is 3.32. The molecule has 0 bridgehead atoms. The minimum atomic E-state index is -0.554. The summed E-state index contributed by atoms with van der Waals surface area (Å²) in [6.45, 7) is 6.29. The molecule has 1 heterocycles. The van der Waals surface area contributed by atoms with E-state index in [0.717, 1.165) is 0 Å². The van der Waals surface area contributed by atoms with Gasteiger partial charge in [0.25, 0.3) is 5.91 Å². The number of nitrogens with zero attached hydrogens (tertiary/aromatic N) is 1.